The van der Waals surface area contributed by atoms with Gasteiger partial charge in [0.2, 0.25) is 0 Å². The number of alkyl halides is 1. The van der Waals surface area contributed by atoms with Crippen LogP contribution in [0.3, 0.4) is 0 Å². The first kappa shape index (κ1) is 12.7. The molecule has 2 nitrogen and oxygen atoms in total. The molecule has 1 saturated heterocycles. The highest BCUT2D eigenvalue weighted by Crippen LogP contribution is 2.16. The molecule has 1 N–H and O–H groups in total. The summed E-state index contributed by atoms with van der Waals surface area (Å²) >= 11 is 5.68. The van der Waals surface area contributed by atoms with Gasteiger partial charge in [0.15, 0.2) is 0 Å². The number of benzene rings is 1. The van der Waals surface area contributed by atoms with Gasteiger partial charge in [0.05, 0.1) is 0 Å². The van der Waals surface area contributed by atoms with E-state index in [4.69, 9.17) is 11.6 Å². The normalized spacial score (nSPS) is 16.2. The van der Waals surface area contributed by atoms with Crippen molar-refractivity contribution in [3.63, 3.8) is 0 Å². The molecule has 3 heteroatoms. The van der Waals surface area contributed by atoms with Crippen molar-refractivity contribution >= 4 is 17.3 Å². The van der Waals surface area contributed by atoms with Gasteiger partial charge in [-0.1, -0.05) is 12.1 Å². The summed E-state index contributed by atoms with van der Waals surface area (Å²) in [5, 5.41) is 3.38. The number of anilines is 1. The van der Waals surface area contributed by atoms with E-state index < -0.39 is 0 Å². The van der Waals surface area contributed by atoms with Gasteiger partial charge in [-0.25, -0.2) is 0 Å². The van der Waals surface area contributed by atoms with Crippen LogP contribution in [0, 0.1) is 0 Å². The summed E-state index contributed by atoms with van der Waals surface area (Å²) in [5.74, 6) is 0.777. The highest BCUT2D eigenvalue weighted by molar-refractivity contribution is 6.17. The van der Waals surface area contributed by atoms with Crippen molar-refractivity contribution in [2.75, 3.05) is 37.0 Å². The van der Waals surface area contributed by atoms with Crippen LogP contribution < -0.4 is 10.2 Å². The van der Waals surface area contributed by atoms with Gasteiger partial charge in [0, 0.05) is 37.7 Å². The third kappa shape index (κ3) is 3.90. The Morgan fingerprint density at radius 3 is 2.41 bits per heavy atom. The van der Waals surface area contributed by atoms with E-state index in [1.807, 2.05) is 0 Å². The molecule has 1 heterocycles. The van der Waals surface area contributed by atoms with Crippen LogP contribution in [-0.4, -0.2) is 32.1 Å². The average Bonchev–Trinajstić information content (AvgIpc) is 2.41. The molecule has 1 aromatic carbocycles. The summed E-state index contributed by atoms with van der Waals surface area (Å²) in [6.45, 7) is 4.42. The van der Waals surface area contributed by atoms with Crippen LogP contribution in [0.4, 0.5) is 5.69 Å². The fourth-order valence-electron chi connectivity index (χ4n) is 2.22. The highest BCUT2D eigenvalue weighted by Gasteiger charge is 2.09. The minimum absolute atomic E-state index is 0.777. The maximum Gasteiger partial charge on any atom is 0.0367 e. The molecule has 1 aliphatic rings. The summed E-state index contributed by atoms with van der Waals surface area (Å²) in [6.07, 6.45) is 3.45. The van der Waals surface area contributed by atoms with Gasteiger partial charge in [-0.3, -0.25) is 0 Å². The molecule has 0 aromatic heterocycles. The molecule has 0 radical (unpaired) electrons. The van der Waals surface area contributed by atoms with E-state index in [1.165, 1.54) is 17.7 Å². The van der Waals surface area contributed by atoms with Crippen LogP contribution >= 0.6 is 11.6 Å². The van der Waals surface area contributed by atoms with Gasteiger partial charge < -0.3 is 10.2 Å². The van der Waals surface area contributed by atoms with Crippen LogP contribution in [0.2, 0.25) is 0 Å². The van der Waals surface area contributed by atoms with Gasteiger partial charge in [0.1, 0.15) is 0 Å². The molecule has 0 unspecified atom stereocenters. The highest BCUT2D eigenvalue weighted by atomic mass is 35.5. The largest absolute Gasteiger partial charge is 0.369 e. The molecule has 0 aliphatic carbocycles. The van der Waals surface area contributed by atoms with Gasteiger partial charge in [-0.2, -0.15) is 0 Å². The molecule has 0 amide bonds. The lowest BCUT2D eigenvalue weighted by atomic mass is 10.1. The number of halogens is 1. The summed E-state index contributed by atoms with van der Waals surface area (Å²) in [7, 11) is 0. The van der Waals surface area contributed by atoms with Gasteiger partial charge in [0.25, 0.3) is 0 Å². The van der Waals surface area contributed by atoms with Crippen molar-refractivity contribution < 1.29 is 0 Å². The summed E-state index contributed by atoms with van der Waals surface area (Å²) in [5.41, 5.74) is 2.78. The number of piperazine rings is 1. The van der Waals surface area contributed by atoms with E-state index in [9.17, 15) is 0 Å². The molecule has 2 rings (SSSR count). The Morgan fingerprint density at radius 2 is 1.76 bits per heavy atom. The van der Waals surface area contributed by atoms with E-state index in [0.717, 1.165) is 44.9 Å². The van der Waals surface area contributed by atoms with Crippen molar-refractivity contribution in [1.29, 1.82) is 0 Å². The van der Waals surface area contributed by atoms with E-state index in [0.29, 0.717) is 0 Å². The van der Waals surface area contributed by atoms with E-state index in [1.54, 1.807) is 0 Å². The number of hydrogen-bond donors (Lipinski definition) is 1. The minimum Gasteiger partial charge on any atom is -0.369 e. The maximum atomic E-state index is 5.68. The zero-order valence-corrected chi connectivity index (χ0v) is 11.0. The van der Waals surface area contributed by atoms with E-state index in [-0.39, 0.29) is 0 Å². The topological polar surface area (TPSA) is 15.3 Å². The number of unbranched alkanes of at least 4 members (excludes halogenated alkanes) is 1. The first-order valence-corrected chi connectivity index (χ1v) is 7.04. The third-order valence-corrected chi connectivity index (χ3v) is 3.53. The van der Waals surface area contributed by atoms with Crippen LogP contribution in [0.1, 0.15) is 18.4 Å². The SMILES string of the molecule is ClCCCCc1ccc(N2CCNCC2)cc1. The second-order valence-corrected chi connectivity index (χ2v) is 4.93. The van der Waals surface area contributed by atoms with Gasteiger partial charge in [-0.05, 0) is 37.0 Å². The molecule has 0 bridgehead atoms. The number of nitrogens with one attached hydrogen (secondary N) is 1. The number of nitrogens with zero attached hydrogens (tertiary/aromatic N) is 1. The lowest BCUT2D eigenvalue weighted by Crippen LogP contribution is -2.43. The molecule has 0 atom stereocenters. The Hall–Kier alpha value is -0.730. The van der Waals surface area contributed by atoms with Gasteiger partial charge >= 0.3 is 0 Å². The van der Waals surface area contributed by atoms with Crippen LogP contribution in [0.5, 0.6) is 0 Å². The zero-order chi connectivity index (χ0) is 11.9. The smallest absolute Gasteiger partial charge is 0.0367 e. The number of hydrogen-bond acceptors (Lipinski definition) is 2. The lowest BCUT2D eigenvalue weighted by molar-refractivity contribution is 0.589. The second kappa shape index (κ2) is 6.87. The zero-order valence-electron chi connectivity index (χ0n) is 10.3. The quantitative estimate of drug-likeness (QED) is 0.640. The van der Waals surface area contributed by atoms with Crippen molar-refractivity contribution in [3.05, 3.63) is 29.8 Å². The number of aryl methyl sites for hydroxylation is 1. The van der Waals surface area contributed by atoms with Gasteiger partial charge in [-0.15, -0.1) is 11.6 Å². The molecule has 17 heavy (non-hydrogen) atoms. The summed E-state index contributed by atoms with van der Waals surface area (Å²) in [6, 6.07) is 9.01. The molecule has 1 fully saturated rings. The minimum atomic E-state index is 0.777. The Labute approximate surface area is 109 Å². The molecule has 1 aromatic rings. The molecule has 0 saturated carbocycles. The standard InChI is InChI=1S/C14H21ClN2/c15-8-2-1-3-13-4-6-14(7-5-13)17-11-9-16-10-12-17/h4-7,16H,1-3,8-12H2. The maximum absolute atomic E-state index is 5.68. The Kier molecular flexibility index (Phi) is 5.14. The van der Waals surface area contributed by atoms with E-state index >= 15 is 0 Å². The predicted octanol–water partition coefficient (Wildman–Crippen LogP) is 2.66. The molecular formula is C14H21ClN2. The fraction of sp³-hybridized carbons (Fsp3) is 0.571. The molecule has 0 spiro atoms. The number of rotatable bonds is 5. The first-order chi connectivity index (χ1) is 8.40. The van der Waals surface area contributed by atoms with Crippen LogP contribution in [0.25, 0.3) is 0 Å². The van der Waals surface area contributed by atoms with Crippen molar-refractivity contribution in [2.45, 2.75) is 19.3 Å². The second-order valence-electron chi connectivity index (χ2n) is 4.55. The van der Waals surface area contributed by atoms with Crippen LogP contribution in [0.15, 0.2) is 24.3 Å². The van der Waals surface area contributed by atoms with E-state index in [2.05, 4.69) is 34.5 Å². The van der Waals surface area contributed by atoms with Crippen LogP contribution in [-0.2, 0) is 6.42 Å². The van der Waals surface area contributed by atoms with Crippen molar-refractivity contribution in [2.24, 2.45) is 0 Å². The monoisotopic (exact) mass is 252 g/mol. The third-order valence-electron chi connectivity index (χ3n) is 3.27. The van der Waals surface area contributed by atoms with Crippen molar-refractivity contribution in [1.82, 2.24) is 5.32 Å². The molecule has 94 valence electrons. The Morgan fingerprint density at radius 1 is 1.06 bits per heavy atom. The first-order valence-electron chi connectivity index (χ1n) is 6.51. The average molecular weight is 253 g/mol. The van der Waals surface area contributed by atoms with Crippen molar-refractivity contribution in [3.8, 4) is 0 Å². The summed E-state index contributed by atoms with van der Waals surface area (Å²) in [4.78, 5) is 2.44. The molecular weight excluding hydrogens is 232 g/mol. The summed E-state index contributed by atoms with van der Waals surface area (Å²) < 4.78 is 0. The predicted molar refractivity (Wildman–Crippen MR) is 75.2 cm³/mol. The Balaban J connectivity index is 1.88. The fourth-order valence-corrected chi connectivity index (χ4v) is 2.41. The Bertz CT molecular complexity index is 317. The molecule has 1 aliphatic heterocycles. The lowest BCUT2D eigenvalue weighted by Gasteiger charge is -2.29.